The van der Waals surface area contributed by atoms with Crippen molar-refractivity contribution in [3.8, 4) is 0 Å². The number of hydrogen-bond acceptors (Lipinski definition) is 1. The summed E-state index contributed by atoms with van der Waals surface area (Å²) < 4.78 is 0.997. The molecule has 1 rings (SSSR count). The molecule has 2 nitrogen and oxygen atoms in total. The zero-order valence-electron chi connectivity index (χ0n) is 9.11. The first kappa shape index (κ1) is 12.3. The summed E-state index contributed by atoms with van der Waals surface area (Å²) in [5.41, 5.74) is 0.202. The number of nitrogens with one attached hydrogen (secondary N) is 1. The van der Waals surface area contributed by atoms with E-state index >= 15 is 0 Å². The van der Waals surface area contributed by atoms with Crippen LogP contribution in [0.1, 0.15) is 39.5 Å². The molecule has 1 saturated carbocycles. The Bertz CT molecular complexity index is 203. The molecule has 3 heteroatoms. The fraction of sp³-hybridized carbons (Fsp3) is 0.909. The molecule has 0 aromatic heterocycles. The Balaban J connectivity index is 2.51. The molecule has 0 aliphatic heterocycles. The molecule has 0 radical (unpaired) electrons. The van der Waals surface area contributed by atoms with Gasteiger partial charge in [0.1, 0.15) is 0 Å². The van der Waals surface area contributed by atoms with E-state index in [9.17, 15) is 4.79 Å². The Hall–Kier alpha value is 0.200. The molecule has 1 amide bonds. The van der Waals surface area contributed by atoms with Crippen LogP contribution >= 0.6 is 22.6 Å². The van der Waals surface area contributed by atoms with Crippen LogP contribution in [-0.2, 0) is 4.79 Å². The zero-order chi connectivity index (χ0) is 10.6. The molecule has 0 heterocycles. The predicted octanol–water partition coefficient (Wildman–Crippen LogP) is 2.75. The summed E-state index contributed by atoms with van der Waals surface area (Å²) in [5.74, 6) is 0.505. The minimum atomic E-state index is 0.202. The number of halogens is 1. The lowest BCUT2D eigenvalue weighted by molar-refractivity contribution is -0.130. The van der Waals surface area contributed by atoms with Gasteiger partial charge in [-0.3, -0.25) is 4.79 Å². The lowest BCUT2D eigenvalue weighted by Gasteiger charge is -2.37. The highest BCUT2D eigenvalue weighted by molar-refractivity contribution is 14.1. The van der Waals surface area contributed by atoms with E-state index in [1.807, 2.05) is 0 Å². The highest BCUT2D eigenvalue weighted by atomic mass is 127. The maximum absolute atomic E-state index is 11.9. The minimum Gasteiger partial charge on any atom is -0.355 e. The zero-order valence-corrected chi connectivity index (χ0v) is 11.3. The van der Waals surface area contributed by atoms with Gasteiger partial charge in [0.25, 0.3) is 0 Å². The highest BCUT2D eigenvalue weighted by Crippen LogP contribution is 2.40. The van der Waals surface area contributed by atoms with Crippen LogP contribution in [0.3, 0.4) is 0 Å². The van der Waals surface area contributed by atoms with Crippen molar-refractivity contribution in [2.45, 2.75) is 39.5 Å². The molecule has 0 aromatic carbocycles. The standard InChI is InChI=1S/C11H20INO/c1-11(2)6-4-3-5-9(11)10(14)13-8-7-12/h9H,3-8H2,1-2H3,(H,13,14). The van der Waals surface area contributed by atoms with Crippen molar-refractivity contribution in [2.75, 3.05) is 11.0 Å². The Labute approximate surface area is 100 Å². The number of alkyl halides is 1. The molecule has 0 spiro atoms. The smallest absolute Gasteiger partial charge is 0.223 e. The molecule has 1 atom stereocenters. The minimum absolute atomic E-state index is 0.202. The molecule has 1 fully saturated rings. The monoisotopic (exact) mass is 309 g/mol. The molecular formula is C11H20INO. The van der Waals surface area contributed by atoms with E-state index in [4.69, 9.17) is 0 Å². The van der Waals surface area contributed by atoms with E-state index in [-0.39, 0.29) is 17.2 Å². The lowest BCUT2D eigenvalue weighted by atomic mass is 9.68. The average Bonchev–Trinajstić information content (AvgIpc) is 2.13. The third-order valence-electron chi connectivity index (χ3n) is 3.22. The van der Waals surface area contributed by atoms with Crippen LogP contribution in [0.5, 0.6) is 0 Å². The van der Waals surface area contributed by atoms with E-state index in [2.05, 4.69) is 41.8 Å². The fourth-order valence-corrected chi connectivity index (χ4v) is 2.54. The number of hydrogen-bond donors (Lipinski definition) is 1. The molecule has 1 unspecified atom stereocenters. The van der Waals surface area contributed by atoms with Crippen LogP contribution in [0.4, 0.5) is 0 Å². The van der Waals surface area contributed by atoms with Crippen LogP contribution in [0, 0.1) is 11.3 Å². The quantitative estimate of drug-likeness (QED) is 0.630. The SMILES string of the molecule is CC1(C)CCCCC1C(=O)NCCI. The largest absolute Gasteiger partial charge is 0.355 e. The summed E-state index contributed by atoms with van der Waals surface area (Å²) in [6.45, 7) is 5.26. The fourth-order valence-electron chi connectivity index (χ4n) is 2.27. The highest BCUT2D eigenvalue weighted by Gasteiger charge is 2.36. The van der Waals surface area contributed by atoms with Crippen molar-refractivity contribution in [3.63, 3.8) is 0 Å². The Morgan fingerprint density at radius 3 is 2.79 bits per heavy atom. The predicted molar refractivity (Wildman–Crippen MR) is 67.6 cm³/mol. The van der Waals surface area contributed by atoms with Gasteiger partial charge in [-0.2, -0.15) is 0 Å². The number of rotatable bonds is 3. The van der Waals surface area contributed by atoms with Gasteiger partial charge in [0.2, 0.25) is 5.91 Å². The van der Waals surface area contributed by atoms with Crippen molar-refractivity contribution < 1.29 is 4.79 Å². The lowest BCUT2D eigenvalue weighted by Crippen LogP contribution is -2.41. The molecule has 1 aliphatic carbocycles. The van der Waals surface area contributed by atoms with Gasteiger partial charge in [0.15, 0.2) is 0 Å². The van der Waals surface area contributed by atoms with E-state index in [1.54, 1.807) is 0 Å². The number of carbonyl (C=O) groups excluding carboxylic acids is 1. The second-order valence-corrected chi connectivity index (χ2v) is 5.85. The van der Waals surface area contributed by atoms with Gasteiger partial charge < -0.3 is 5.32 Å². The summed E-state index contributed by atoms with van der Waals surface area (Å²) in [7, 11) is 0. The molecule has 82 valence electrons. The van der Waals surface area contributed by atoms with Crippen LogP contribution in [0.2, 0.25) is 0 Å². The molecule has 1 aliphatic rings. The maximum atomic E-state index is 11.9. The summed E-state index contributed by atoms with van der Waals surface area (Å²) in [6, 6.07) is 0. The van der Waals surface area contributed by atoms with Crippen LogP contribution in [-0.4, -0.2) is 16.9 Å². The Morgan fingerprint density at radius 2 is 2.21 bits per heavy atom. The molecule has 14 heavy (non-hydrogen) atoms. The van der Waals surface area contributed by atoms with Gasteiger partial charge >= 0.3 is 0 Å². The van der Waals surface area contributed by atoms with Gasteiger partial charge in [-0.15, -0.1) is 0 Å². The summed E-state index contributed by atoms with van der Waals surface area (Å²) in [5, 5.41) is 3.01. The van der Waals surface area contributed by atoms with E-state index < -0.39 is 0 Å². The first-order valence-corrected chi connectivity index (χ1v) is 6.94. The molecular weight excluding hydrogens is 289 g/mol. The topological polar surface area (TPSA) is 29.1 Å². The van der Waals surface area contributed by atoms with Crippen LogP contribution in [0.25, 0.3) is 0 Å². The average molecular weight is 309 g/mol. The summed E-state index contributed by atoms with van der Waals surface area (Å²) in [6.07, 6.45) is 4.75. The summed E-state index contributed by atoms with van der Waals surface area (Å²) >= 11 is 2.29. The van der Waals surface area contributed by atoms with E-state index in [1.165, 1.54) is 19.3 Å². The van der Waals surface area contributed by atoms with Crippen molar-refractivity contribution in [1.82, 2.24) is 5.32 Å². The van der Waals surface area contributed by atoms with E-state index in [0.29, 0.717) is 0 Å². The normalized spacial score (nSPS) is 25.8. The van der Waals surface area contributed by atoms with Crippen LogP contribution in [0.15, 0.2) is 0 Å². The van der Waals surface area contributed by atoms with Gasteiger partial charge in [0.05, 0.1) is 0 Å². The second kappa shape index (κ2) is 5.33. The van der Waals surface area contributed by atoms with Gasteiger partial charge in [0, 0.05) is 16.9 Å². The Kier molecular flexibility index (Phi) is 4.67. The number of carbonyl (C=O) groups is 1. The summed E-state index contributed by atoms with van der Waals surface area (Å²) in [4.78, 5) is 11.9. The maximum Gasteiger partial charge on any atom is 0.223 e. The molecule has 0 saturated heterocycles. The van der Waals surface area contributed by atoms with Gasteiger partial charge in [-0.1, -0.05) is 49.3 Å². The van der Waals surface area contributed by atoms with Gasteiger partial charge in [-0.25, -0.2) is 0 Å². The second-order valence-electron chi connectivity index (χ2n) is 4.77. The Morgan fingerprint density at radius 1 is 1.50 bits per heavy atom. The number of amides is 1. The molecule has 0 aromatic rings. The first-order chi connectivity index (χ1) is 6.58. The van der Waals surface area contributed by atoms with Crippen molar-refractivity contribution in [2.24, 2.45) is 11.3 Å². The third kappa shape index (κ3) is 3.11. The molecule has 0 bridgehead atoms. The van der Waals surface area contributed by atoms with Crippen LogP contribution < -0.4 is 5.32 Å². The van der Waals surface area contributed by atoms with Crippen molar-refractivity contribution in [1.29, 1.82) is 0 Å². The van der Waals surface area contributed by atoms with E-state index in [0.717, 1.165) is 17.4 Å². The van der Waals surface area contributed by atoms with Crippen molar-refractivity contribution in [3.05, 3.63) is 0 Å². The third-order valence-corrected chi connectivity index (χ3v) is 3.76. The molecule has 1 N–H and O–H groups in total. The van der Waals surface area contributed by atoms with Crippen molar-refractivity contribution >= 4 is 28.5 Å². The first-order valence-electron chi connectivity index (χ1n) is 5.41. The van der Waals surface area contributed by atoms with Gasteiger partial charge in [-0.05, 0) is 18.3 Å².